The summed E-state index contributed by atoms with van der Waals surface area (Å²) in [4.78, 5) is 5.23. The van der Waals surface area contributed by atoms with Crippen LogP contribution in [0.15, 0.2) is 24.4 Å². The van der Waals surface area contributed by atoms with Gasteiger partial charge in [0.15, 0.2) is 0 Å². The Morgan fingerprint density at radius 1 is 0.913 bits per heavy atom. The lowest BCUT2D eigenvalue weighted by molar-refractivity contribution is 0.436. The Balaban J connectivity index is 1.71. The molecule has 0 radical (unpaired) electrons. The highest BCUT2D eigenvalue weighted by Gasteiger charge is 2.25. The van der Waals surface area contributed by atoms with E-state index in [0.717, 1.165) is 13.1 Å². The van der Waals surface area contributed by atoms with E-state index in [9.17, 15) is 0 Å². The van der Waals surface area contributed by atoms with Gasteiger partial charge in [0.2, 0.25) is 0 Å². The summed E-state index contributed by atoms with van der Waals surface area (Å²) in [5, 5.41) is 3.56. The number of aromatic nitrogens is 2. The second kappa shape index (κ2) is 7.04. The van der Waals surface area contributed by atoms with Gasteiger partial charge in [0.1, 0.15) is 5.82 Å². The number of fused-ring (bicyclic) bond motifs is 1. The minimum absolute atomic E-state index is 0.587. The van der Waals surface area contributed by atoms with Crippen LogP contribution in [0.25, 0.3) is 5.52 Å². The highest BCUT2D eigenvalue weighted by molar-refractivity contribution is 5.55. The van der Waals surface area contributed by atoms with Gasteiger partial charge in [-0.25, -0.2) is 4.98 Å². The molecule has 0 spiro atoms. The zero-order valence-electron chi connectivity index (χ0n) is 14.1. The first kappa shape index (κ1) is 15.2. The molecule has 2 aromatic rings. The predicted octanol–water partition coefficient (Wildman–Crippen LogP) is 4.63. The van der Waals surface area contributed by atoms with Crippen molar-refractivity contribution in [3.63, 3.8) is 0 Å². The fourth-order valence-corrected chi connectivity index (χ4v) is 4.47. The Morgan fingerprint density at radius 2 is 1.70 bits per heavy atom. The Labute approximate surface area is 139 Å². The normalized spacial score (nSPS) is 24.4. The molecule has 4 rings (SSSR count). The maximum Gasteiger partial charge on any atom is 0.116 e. The van der Waals surface area contributed by atoms with Crippen molar-refractivity contribution < 1.29 is 0 Å². The molecule has 3 nitrogen and oxygen atoms in total. The molecule has 2 aromatic heterocycles. The van der Waals surface area contributed by atoms with Gasteiger partial charge in [-0.05, 0) is 44.4 Å². The van der Waals surface area contributed by atoms with Crippen LogP contribution in [0.5, 0.6) is 0 Å². The molecule has 0 bridgehead atoms. The molecule has 1 aliphatic carbocycles. The summed E-state index contributed by atoms with van der Waals surface area (Å²) >= 11 is 0. The number of hydrogen-bond acceptors (Lipinski definition) is 2. The van der Waals surface area contributed by atoms with Gasteiger partial charge in [0, 0.05) is 24.6 Å². The second-order valence-corrected chi connectivity index (χ2v) is 7.40. The molecule has 3 heteroatoms. The van der Waals surface area contributed by atoms with Crippen LogP contribution >= 0.6 is 0 Å². The molecule has 0 amide bonds. The smallest absolute Gasteiger partial charge is 0.116 e. The number of piperidine rings is 1. The van der Waals surface area contributed by atoms with Crippen molar-refractivity contribution in [1.29, 1.82) is 0 Å². The lowest BCUT2D eigenvalue weighted by Crippen LogP contribution is -2.28. The van der Waals surface area contributed by atoms with Crippen molar-refractivity contribution in [3.8, 4) is 0 Å². The van der Waals surface area contributed by atoms with E-state index in [0.29, 0.717) is 11.8 Å². The molecule has 1 N–H and O–H groups in total. The zero-order chi connectivity index (χ0) is 15.5. The molecule has 3 heterocycles. The van der Waals surface area contributed by atoms with Crippen molar-refractivity contribution in [1.82, 2.24) is 14.7 Å². The topological polar surface area (TPSA) is 29.3 Å². The second-order valence-electron chi connectivity index (χ2n) is 7.40. The Hall–Kier alpha value is -1.35. The van der Waals surface area contributed by atoms with E-state index >= 15 is 0 Å². The molecule has 1 unspecified atom stereocenters. The molecule has 1 saturated heterocycles. The van der Waals surface area contributed by atoms with Gasteiger partial charge in [-0.3, -0.25) is 0 Å². The molecule has 1 saturated carbocycles. The zero-order valence-corrected chi connectivity index (χ0v) is 14.1. The molecular formula is C20H29N3. The summed E-state index contributed by atoms with van der Waals surface area (Å²) in [6.45, 7) is 2.25. The minimum Gasteiger partial charge on any atom is -0.316 e. The third-order valence-electron chi connectivity index (χ3n) is 5.76. The Kier molecular flexibility index (Phi) is 4.65. The molecule has 2 fully saturated rings. The lowest BCUT2D eigenvalue weighted by Gasteiger charge is -2.21. The van der Waals surface area contributed by atoms with Gasteiger partial charge in [-0.2, -0.15) is 0 Å². The predicted molar refractivity (Wildman–Crippen MR) is 95.1 cm³/mol. The number of rotatable bonds is 2. The SMILES string of the molecule is c1ccn2c(C3CCCCCCC3)nc(C3CCCNC3)c2c1. The maximum absolute atomic E-state index is 5.23. The average molecular weight is 311 g/mol. The van der Waals surface area contributed by atoms with Crippen molar-refractivity contribution in [2.45, 2.75) is 69.6 Å². The monoisotopic (exact) mass is 311 g/mol. The molecule has 124 valence electrons. The van der Waals surface area contributed by atoms with Crippen LogP contribution in [-0.2, 0) is 0 Å². The van der Waals surface area contributed by atoms with E-state index < -0.39 is 0 Å². The summed E-state index contributed by atoms with van der Waals surface area (Å²) in [6, 6.07) is 6.59. The fraction of sp³-hybridized carbons (Fsp3) is 0.650. The van der Waals surface area contributed by atoms with Gasteiger partial charge in [0.05, 0.1) is 11.2 Å². The van der Waals surface area contributed by atoms with Crippen LogP contribution in [0, 0.1) is 0 Å². The lowest BCUT2D eigenvalue weighted by atomic mass is 9.90. The van der Waals surface area contributed by atoms with Crippen LogP contribution in [-0.4, -0.2) is 22.5 Å². The Bertz CT molecular complexity index is 631. The average Bonchev–Trinajstić information content (AvgIpc) is 2.95. The van der Waals surface area contributed by atoms with Crippen LogP contribution in [0.3, 0.4) is 0 Å². The standard InChI is InChI=1S/C20H29N3/c1-2-4-9-16(10-5-3-1)20-22-19(17-11-8-13-21-15-17)18-12-6-7-14-23(18)20/h6-7,12,14,16-17,21H,1-5,8-11,13,15H2. The number of nitrogens with one attached hydrogen (secondary N) is 1. The van der Waals surface area contributed by atoms with E-state index in [-0.39, 0.29) is 0 Å². The summed E-state index contributed by atoms with van der Waals surface area (Å²) in [5.41, 5.74) is 2.69. The molecule has 23 heavy (non-hydrogen) atoms. The maximum atomic E-state index is 5.23. The van der Waals surface area contributed by atoms with E-state index in [1.807, 2.05) is 0 Å². The number of pyridine rings is 1. The molecule has 0 aromatic carbocycles. The van der Waals surface area contributed by atoms with E-state index in [2.05, 4.69) is 34.1 Å². The van der Waals surface area contributed by atoms with Gasteiger partial charge in [-0.15, -0.1) is 0 Å². The number of imidazole rings is 1. The minimum atomic E-state index is 0.587. The third kappa shape index (κ3) is 3.16. The van der Waals surface area contributed by atoms with Gasteiger partial charge in [0.25, 0.3) is 0 Å². The molecular weight excluding hydrogens is 282 g/mol. The summed E-state index contributed by atoms with van der Waals surface area (Å²) in [5.74, 6) is 2.57. The first-order valence-corrected chi connectivity index (χ1v) is 9.61. The molecule has 1 aliphatic heterocycles. The molecule has 1 atom stereocenters. The van der Waals surface area contributed by atoms with Crippen LogP contribution in [0.4, 0.5) is 0 Å². The van der Waals surface area contributed by atoms with E-state index in [1.54, 1.807) is 0 Å². The largest absolute Gasteiger partial charge is 0.316 e. The van der Waals surface area contributed by atoms with E-state index in [4.69, 9.17) is 4.98 Å². The summed E-state index contributed by atoms with van der Waals surface area (Å²) in [6.07, 6.45) is 14.4. The molecule has 2 aliphatic rings. The van der Waals surface area contributed by atoms with Crippen molar-refractivity contribution in [2.24, 2.45) is 0 Å². The number of nitrogens with zero attached hydrogens (tertiary/aromatic N) is 2. The van der Waals surface area contributed by atoms with Crippen molar-refractivity contribution in [2.75, 3.05) is 13.1 Å². The first-order chi connectivity index (χ1) is 11.4. The highest BCUT2D eigenvalue weighted by atomic mass is 15.0. The Morgan fingerprint density at radius 3 is 2.48 bits per heavy atom. The quantitative estimate of drug-likeness (QED) is 0.876. The first-order valence-electron chi connectivity index (χ1n) is 9.61. The number of hydrogen-bond donors (Lipinski definition) is 1. The van der Waals surface area contributed by atoms with Crippen LogP contribution in [0.1, 0.15) is 81.1 Å². The van der Waals surface area contributed by atoms with Crippen molar-refractivity contribution in [3.05, 3.63) is 35.9 Å². The summed E-state index contributed by atoms with van der Waals surface area (Å²) in [7, 11) is 0. The van der Waals surface area contributed by atoms with Gasteiger partial charge >= 0.3 is 0 Å². The fourth-order valence-electron chi connectivity index (χ4n) is 4.47. The van der Waals surface area contributed by atoms with Crippen LogP contribution in [0.2, 0.25) is 0 Å². The van der Waals surface area contributed by atoms with Crippen molar-refractivity contribution >= 4 is 5.52 Å². The van der Waals surface area contributed by atoms with E-state index in [1.165, 1.54) is 74.8 Å². The summed E-state index contributed by atoms with van der Waals surface area (Å²) < 4.78 is 2.40. The van der Waals surface area contributed by atoms with Gasteiger partial charge in [-0.1, -0.05) is 38.2 Å². The third-order valence-corrected chi connectivity index (χ3v) is 5.76. The van der Waals surface area contributed by atoms with Gasteiger partial charge < -0.3 is 9.72 Å². The van der Waals surface area contributed by atoms with Crippen LogP contribution < -0.4 is 5.32 Å². The highest BCUT2D eigenvalue weighted by Crippen LogP contribution is 2.34.